The average molecular weight is 354 g/mol. The van der Waals surface area contributed by atoms with Gasteiger partial charge in [0.2, 0.25) is 0 Å². The third-order valence-electron chi connectivity index (χ3n) is 5.20. The van der Waals surface area contributed by atoms with E-state index in [4.69, 9.17) is 16.6 Å². The summed E-state index contributed by atoms with van der Waals surface area (Å²) in [6.07, 6.45) is 1.09. The van der Waals surface area contributed by atoms with Crippen molar-refractivity contribution in [2.75, 3.05) is 32.1 Å². The second kappa shape index (κ2) is 5.91. The molecule has 0 amide bonds. The van der Waals surface area contributed by atoms with E-state index < -0.39 is 0 Å². The van der Waals surface area contributed by atoms with Crippen LogP contribution in [0.4, 0.5) is 5.82 Å². The first-order valence-electron chi connectivity index (χ1n) is 8.43. The number of nitriles is 1. The Morgan fingerprint density at radius 3 is 2.76 bits per heavy atom. The first-order valence-corrected chi connectivity index (χ1v) is 8.81. The third-order valence-corrected chi connectivity index (χ3v) is 5.65. The molecule has 0 spiro atoms. The molecular weight excluding hydrogens is 334 g/mol. The van der Waals surface area contributed by atoms with Crippen molar-refractivity contribution in [1.29, 1.82) is 5.26 Å². The highest BCUT2D eigenvalue weighted by Crippen LogP contribution is 2.37. The fourth-order valence-corrected chi connectivity index (χ4v) is 4.02. The maximum absolute atomic E-state index is 9.65. The van der Waals surface area contributed by atoms with E-state index in [1.165, 1.54) is 0 Å². The number of anilines is 1. The van der Waals surface area contributed by atoms with Gasteiger partial charge in [-0.15, -0.1) is 0 Å². The Morgan fingerprint density at radius 1 is 1.32 bits per heavy atom. The van der Waals surface area contributed by atoms with Crippen LogP contribution in [0.25, 0.3) is 16.7 Å². The number of likely N-dealkylation sites (N-methyl/N-ethyl adjacent to an activating group) is 1. The molecule has 128 valence electrons. The van der Waals surface area contributed by atoms with E-state index in [0.717, 1.165) is 41.9 Å². The normalized spacial score (nSPS) is 17.8. The van der Waals surface area contributed by atoms with Crippen molar-refractivity contribution < 1.29 is 0 Å². The Hall–Kier alpha value is -2.29. The fraction of sp³-hybridized carbons (Fsp3) is 0.368. The monoisotopic (exact) mass is 353 g/mol. The predicted molar refractivity (Wildman–Crippen MR) is 101 cm³/mol. The number of pyridine rings is 1. The SMILES string of the molecule is Cc1c(Cl)c(N2CC[C@H](N(C)C)C2)n2c(nc3ccccc32)c1C#N. The van der Waals surface area contributed by atoms with E-state index in [1.807, 2.05) is 31.2 Å². The van der Waals surface area contributed by atoms with Gasteiger partial charge in [0.05, 0.1) is 21.6 Å². The van der Waals surface area contributed by atoms with Gasteiger partial charge in [0.15, 0.2) is 5.65 Å². The van der Waals surface area contributed by atoms with Gasteiger partial charge < -0.3 is 9.80 Å². The van der Waals surface area contributed by atoms with Crippen LogP contribution >= 0.6 is 11.6 Å². The van der Waals surface area contributed by atoms with Crippen LogP contribution in [0, 0.1) is 18.3 Å². The first-order chi connectivity index (χ1) is 12.0. The highest BCUT2D eigenvalue weighted by Gasteiger charge is 2.29. The molecule has 0 saturated carbocycles. The van der Waals surface area contributed by atoms with Gasteiger partial charge in [0, 0.05) is 19.1 Å². The number of halogens is 1. The van der Waals surface area contributed by atoms with Crippen LogP contribution in [0.2, 0.25) is 5.02 Å². The zero-order chi connectivity index (χ0) is 17.7. The molecule has 1 saturated heterocycles. The van der Waals surface area contributed by atoms with Crippen molar-refractivity contribution in [3.63, 3.8) is 0 Å². The second-order valence-electron chi connectivity index (χ2n) is 6.86. The molecule has 0 bridgehead atoms. The van der Waals surface area contributed by atoms with Gasteiger partial charge in [0.1, 0.15) is 11.9 Å². The van der Waals surface area contributed by atoms with Crippen molar-refractivity contribution in [3.05, 3.63) is 40.4 Å². The smallest absolute Gasteiger partial charge is 0.157 e. The summed E-state index contributed by atoms with van der Waals surface area (Å²) in [4.78, 5) is 9.30. The molecule has 1 aromatic carbocycles. The van der Waals surface area contributed by atoms with E-state index >= 15 is 0 Å². The topological polar surface area (TPSA) is 47.6 Å². The standard InChI is InChI=1S/C19H20ClN5/c1-12-14(10-21)18-22-15-6-4-5-7-16(15)25(18)19(17(12)20)24-9-8-13(11-24)23(2)3/h4-7,13H,8-9,11H2,1-3H3/t13-/m0/s1. The summed E-state index contributed by atoms with van der Waals surface area (Å²) < 4.78 is 2.06. The lowest BCUT2D eigenvalue weighted by molar-refractivity contribution is 0.315. The maximum atomic E-state index is 9.65. The molecule has 0 aliphatic carbocycles. The lowest BCUT2D eigenvalue weighted by Crippen LogP contribution is -2.32. The van der Waals surface area contributed by atoms with E-state index in [2.05, 4.69) is 34.4 Å². The van der Waals surface area contributed by atoms with Gasteiger partial charge >= 0.3 is 0 Å². The van der Waals surface area contributed by atoms with Crippen LogP contribution in [-0.4, -0.2) is 47.5 Å². The molecule has 5 nitrogen and oxygen atoms in total. The maximum Gasteiger partial charge on any atom is 0.157 e. The Balaban J connectivity index is 2.04. The van der Waals surface area contributed by atoms with Gasteiger partial charge in [-0.25, -0.2) is 4.98 Å². The van der Waals surface area contributed by atoms with Crippen molar-refractivity contribution in [1.82, 2.24) is 14.3 Å². The van der Waals surface area contributed by atoms with Crippen molar-refractivity contribution in [2.45, 2.75) is 19.4 Å². The molecule has 0 unspecified atom stereocenters. The molecule has 4 rings (SSSR count). The highest BCUT2D eigenvalue weighted by molar-refractivity contribution is 6.34. The molecule has 0 N–H and O–H groups in total. The van der Waals surface area contributed by atoms with Gasteiger partial charge in [0.25, 0.3) is 0 Å². The minimum absolute atomic E-state index is 0.497. The van der Waals surface area contributed by atoms with E-state index in [1.54, 1.807) is 0 Å². The highest BCUT2D eigenvalue weighted by atomic mass is 35.5. The number of rotatable bonds is 2. The van der Waals surface area contributed by atoms with Crippen LogP contribution < -0.4 is 4.90 Å². The first kappa shape index (κ1) is 16.2. The molecule has 1 aliphatic rings. The van der Waals surface area contributed by atoms with Crippen LogP contribution in [0.1, 0.15) is 17.5 Å². The largest absolute Gasteiger partial charge is 0.355 e. The molecular formula is C19H20ClN5. The van der Waals surface area contributed by atoms with Gasteiger partial charge in [-0.3, -0.25) is 4.40 Å². The minimum atomic E-state index is 0.497. The minimum Gasteiger partial charge on any atom is -0.355 e. The molecule has 3 aromatic rings. The van der Waals surface area contributed by atoms with Crippen molar-refractivity contribution >= 4 is 34.1 Å². The molecule has 3 heterocycles. The molecule has 1 atom stereocenters. The summed E-state index contributed by atoms with van der Waals surface area (Å²) in [5.74, 6) is 0.950. The van der Waals surface area contributed by atoms with Gasteiger partial charge in [-0.05, 0) is 45.1 Å². The number of benzene rings is 1. The summed E-state index contributed by atoms with van der Waals surface area (Å²) in [5, 5.41) is 10.3. The molecule has 6 heteroatoms. The number of imidazole rings is 1. The third kappa shape index (κ3) is 2.37. The van der Waals surface area contributed by atoms with Gasteiger partial charge in [-0.1, -0.05) is 23.7 Å². The van der Waals surface area contributed by atoms with Gasteiger partial charge in [-0.2, -0.15) is 5.26 Å². The summed E-state index contributed by atoms with van der Waals surface area (Å²) >= 11 is 6.77. The lowest BCUT2D eigenvalue weighted by atomic mass is 10.1. The molecule has 2 aromatic heterocycles. The van der Waals surface area contributed by atoms with E-state index in [0.29, 0.717) is 22.3 Å². The molecule has 1 fully saturated rings. The Labute approximate surface area is 152 Å². The number of para-hydroxylation sites is 2. The summed E-state index contributed by atoms with van der Waals surface area (Å²) in [5.41, 5.74) is 3.90. The zero-order valence-electron chi connectivity index (χ0n) is 14.6. The Bertz CT molecular complexity index is 1010. The number of hydrogen-bond donors (Lipinski definition) is 0. The van der Waals surface area contributed by atoms with E-state index in [9.17, 15) is 5.26 Å². The molecule has 25 heavy (non-hydrogen) atoms. The Kier molecular flexibility index (Phi) is 3.82. The van der Waals surface area contributed by atoms with Crippen LogP contribution in [-0.2, 0) is 0 Å². The quantitative estimate of drug-likeness (QED) is 0.708. The Morgan fingerprint density at radius 2 is 2.08 bits per heavy atom. The van der Waals surface area contributed by atoms with Crippen molar-refractivity contribution in [3.8, 4) is 6.07 Å². The van der Waals surface area contributed by atoms with E-state index in [-0.39, 0.29) is 0 Å². The summed E-state index contributed by atoms with van der Waals surface area (Å²) in [6, 6.07) is 10.8. The molecule has 0 radical (unpaired) electrons. The van der Waals surface area contributed by atoms with Crippen LogP contribution in [0.3, 0.4) is 0 Å². The van der Waals surface area contributed by atoms with Crippen LogP contribution in [0.5, 0.6) is 0 Å². The predicted octanol–water partition coefficient (Wildman–Crippen LogP) is 3.46. The average Bonchev–Trinajstić information content (AvgIpc) is 3.22. The summed E-state index contributed by atoms with van der Waals surface area (Å²) in [7, 11) is 4.23. The molecule has 1 aliphatic heterocycles. The van der Waals surface area contributed by atoms with Crippen molar-refractivity contribution in [2.24, 2.45) is 0 Å². The lowest BCUT2D eigenvalue weighted by Gasteiger charge is -2.25. The van der Waals surface area contributed by atoms with Crippen LogP contribution in [0.15, 0.2) is 24.3 Å². The number of aromatic nitrogens is 2. The second-order valence-corrected chi connectivity index (χ2v) is 7.24. The fourth-order valence-electron chi connectivity index (χ4n) is 3.72. The summed E-state index contributed by atoms with van der Waals surface area (Å²) in [6.45, 7) is 3.76. The number of fused-ring (bicyclic) bond motifs is 3. The number of hydrogen-bond acceptors (Lipinski definition) is 4. The zero-order valence-corrected chi connectivity index (χ0v) is 15.4. The number of nitrogens with zero attached hydrogens (tertiary/aromatic N) is 5.